The van der Waals surface area contributed by atoms with Crippen molar-refractivity contribution < 1.29 is 4.74 Å². The van der Waals surface area contributed by atoms with Crippen LogP contribution in [-0.2, 0) is 11.8 Å². The van der Waals surface area contributed by atoms with Gasteiger partial charge in [-0.1, -0.05) is 6.07 Å². The number of nitrogens with zero attached hydrogens (tertiary/aromatic N) is 4. The molecule has 146 valence electrons. The molecule has 0 amide bonds. The number of pyridine rings is 2. The highest BCUT2D eigenvalue weighted by molar-refractivity contribution is 6.07. The van der Waals surface area contributed by atoms with Gasteiger partial charge in [0.15, 0.2) is 5.82 Å². The van der Waals surface area contributed by atoms with Gasteiger partial charge in [0.05, 0.1) is 23.2 Å². The Morgan fingerprint density at radius 3 is 2.96 bits per heavy atom. The van der Waals surface area contributed by atoms with E-state index in [4.69, 9.17) is 9.72 Å². The highest BCUT2D eigenvalue weighted by Crippen LogP contribution is 2.31. The Morgan fingerprint density at radius 2 is 2.14 bits per heavy atom. The van der Waals surface area contributed by atoms with Gasteiger partial charge in [-0.2, -0.15) is 0 Å². The van der Waals surface area contributed by atoms with Crippen LogP contribution in [0.3, 0.4) is 0 Å². The summed E-state index contributed by atoms with van der Waals surface area (Å²) in [5.74, 6) is 1.61. The molecule has 0 aromatic carbocycles. The van der Waals surface area contributed by atoms with E-state index < -0.39 is 0 Å². The lowest BCUT2D eigenvalue weighted by Crippen LogP contribution is -2.07. The normalized spacial score (nSPS) is 11.4. The van der Waals surface area contributed by atoms with Gasteiger partial charge >= 0.3 is 0 Å². The van der Waals surface area contributed by atoms with E-state index in [1.807, 2.05) is 50.1 Å². The molecule has 0 saturated heterocycles. The zero-order valence-electron chi connectivity index (χ0n) is 16.4. The number of aromatic amines is 1. The Balaban J connectivity index is 1.65. The molecule has 0 bridgehead atoms. The van der Waals surface area contributed by atoms with Crippen molar-refractivity contribution in [2.24, 2.45) is 7.05 Å². The largest absolute Gasteiger partial charge is 0.382 e. The van der Waals surface area contributed by atoms with Crippen LogP contribution in [0.1, 0.15) is 13.3 Å². The van der Waals surface area contributed by atoms with E-state index in [1.165, 1.54) is 0 Å². The predicted molar refractivity (Wildman–Crippen MR) is 113 cm³/mol. The molecule has 0 fully saturated rings. The number of aryl methyl sites for hydroxylation is 1. The summed E-state index contributed by atoms with van der Waals surface area (Å²) in [6.45, 7) is 4.34. The maximum atomic E-state index is 5.37. The number of ether oxygens (including phenoxy) is 1. The van der Waals surface area contributed by atoms with Crippen LogP contribution in [0.4, 0.5) is 11.6 Å². The fraction of sp³-hybridized carbons (Fsp3) is 0.350. The molecule has 0 aliphatic rings. The molecule has 0 unspecified atom stereocenters. The van der Waals surface area contributed by atoms with Gasteiger partial charge in [-0.25, -0.2) is 15.0 Å². The lowest BCUT2D eigenvalue weighted by atomic mass is 10.2. The van der Waals surface area contributed by atoms with E-state index in [1.54, 1.807) is 0 Å². The highest BCUT2D eigenvalue weighted by Gasteiger charge is 2.15. The van der Waals surface area contributed by atoms with Crippen molar-refractivity contribution in [1.82, 2.24) is 24.5 Å². The maximum absolute atomic E-state index is 5.37. The van der Waals surface area contributed by atoms with Gasteiger partial charge in [0.2, 0.25) is 0 Å². The van der Waals surface area contributed by atoms with E-state index >= 15 is 0 Å². The highest BCUT2D eigenvalue weighted by atomic mass is 16.5. The Morgan fingerprint density at radius 1 is 1.25 bits per heavy atom. The number of H-pyrrole nitrogens is 1. The van der Waals surface area contributed by atoms with Crippen LogP contribution in [0.15, 0.2) is 30.6 Å². The topological polar surface area (TPSA) is 92.7 Å². The van der Waals surface area contributed by atoms with Gasteiger partial charge in [-0.05, 0) is 31.5 Å². The second-order valence-corrected chi connectivity index (χ2v) is 6.59. The molecular formula is C20H25N7O. The molecule has 4 aromatic rings. The first-order valence-corrected chi connectivity index (χ1v) is 9.51. The van der Waals surface area contributed by atoms with Crippen molar-refractivity contribution in [1.29, 1.82) is 0 Å². The van der Waals surface area contributed by atoms with Crippen LogP contribution in [-0.4, -0.2) is 51.3 Å². The predicted octanol–water partition coefficient (Wildman–Crippen LogP) is 3.39. The Bertz CT molecular complexity index is 1100. The Kier molecular flexibility index (Phi) is 5.12. The molecule has 4 rings (SSSR count). The monoisotopic (exact) mass is 379 g/mol. The summed E-state index contributed by atoms with van der Waals surface area (Å²) in [5.41, 5.74) is 4.51. The molecule has 28 heavy (non-hydrogen) atoms. The van der Waals surface area contributed by atoms with Gasteiger partial charge in [-0.15, -0.1) is 0 Å². The summed E-state index contributed by atoms with van der Waals surface area (Å²) in [4.78, 5) is 17.3. The fourth-order valence-electron chi connectivity index (χ4n) is 3.33. The fourth-order valence-corrected chi connectivity index (χ4v) is 3.33. The molecule has 8 heteroatoms. The zero-order valence-corrected chi connectivity index (χ0v) is 16.4. The molecule has 4 heterocycles. The number of imidazole rings is 1. The first kappa shape index (κ1) is 18.2. The van der Waals surface area contributed by atoms with E-state index in [9.17, 15) is 0 Å². The van der Waals surface area contributed by atoms with Crippen molar-refractivity contribution >= 4 is 33.7 Å². The third kappa shape index (κ3) is 3.38. The smallest absolute Gasteiger partial charge is 0.156 e. The van der Waals surface area contributed by atoms with Crippen LogP contribution in [0.25, 0.3) is 33.5 Å². The Labute approximate surface area is 163 Å². The molecule has 4 aromatic heterocycles. The third-order valence-corrected chi connectivity index (χ3v) is 4.67. The van der Waals surface area contributed by atoms with Crippen molar-refractivity contribution in [2.75, 3.05) is 37.4 Å². The number of fused-ring (bicyclic) bond motifs is 3. The van der Waals surface area contributed by atoms with E-state index in [0.29, 0.717) is 0 Å². The zero-order chi connectivity index (χ0) is 19.5. The number of anilines is 2. The van der Waals surface area contributed by atoms with Gasteiger partial charge in [-0.3, -0.25) is 0 Å². The van der Waals surface area contributed by atoms with Crippen molar-refractivity contribution in [3.63, 3.8) is 0 Å². The quantitative estimate of drug-likeness (QED) is 0.406. The summed E-state index contributed by atoms with van der Waals surface area (Å²) < 4.78 is 7.39. The first-order chi connectivity index (χ1) is 13.7. The van der Waals surface area contributed by atoms with Gasteiger partial charge < -0.3 is 24.9 Å². The summed E-state index contributed by atoms with van der Waals surface area (Å²) in [7, 11) is 3.85. The number of hydrogen-bond donors (Lipinski definition) is 3. The van der Waals surface area contributed by atoms with Gasteiger partial charge in [0, 0.05) is 39.2 Å². The lowest BCUT2D eigenvalue weighted by Gasteiger charge is -2.07. The van der Waals surface area contributed by atoms with Crippen molar-refractivity contribution in [3.8, 4) is 11.4 Å². The second kappa shape index (κ2) is 7.85. The summed E-state index contributed by atoms with van der Waals surface area (Å²) in [6.07, 6.45) is 2.76. The summed E-state index contributed by atoms with van der Waals surface area (Å²) in [6, 6.07) is 8.07. The number of aromatic nitrogens is 5. The number of hydrogen-bond acceptors (Lipinski definition) is 6. The standard InChI is InChI=1S/C20H25N7O/c1-4-28-10-6-9-22-16-8-5-7-14(24-16)15-11-13-18-17(23-12-27(18)3)20(21-2)26-19(13)25-15/h5,7-8,11-12H,4,6,9-10H2,1-3H3,(H,22,24)(H2,21,25,26). The van der Waals surface area contributed by atoms with Crippen molar-refractivity contribution in [3.05, 3.63) is 30.6 Å². The second-order valence-electron chi connectivity index (χ2n) is 6.59. The van der Waals surface area contributed by atoms with Gasteiger partial charge in [0.1, 0.15) is 17.0 Å². The van der Waals surface area contributed by atoms with Gasteiger partial charge in [0.25, 0.3) is 0 Å². The summed E-state index contributed by atoms with van der Waals surface area (Å²) in [5, 5.41) is 7.51. The average molecular weight is 379 g/mol. The molecule has 0 aliphatic carbocycles. The van der Waals surface area contributed by atoms with Crippen LogP contribution in [0, 0.1) is 0 Å². The summed E-state index contributed by atoms with van der Waals surface area (Å²) >= 11 is 0. The molecule has 0 saturated carbocycles. The molecule has 0 spiro atoms. The maximum Gasteiger partial charge on any atom is 0.156 e. The molecule has 3 N–H and O–H groups in total. The molecule has 0 radical (unpaired) electrons. The minimum atomic E-state index is 0.751. The van der Waals surface area contributed by atoms with Crippen LogP contribution >= 0.6 is 0 Å². The van der Waals surface area contributed by atoms with E-state index in [0.717, 1.165) is 71.3 Å². The Hall–Kier alpha value is -3.13. The number of nitrogens with one attached hydrogen (secondary N) is 3. The first-order valence-electron chi connectivity index (χ1n) is 9.51. The van der Waals surface area contributed by atoms with Crippen LogP contribution in [0.2, 0.25) is 0 Å². The minimum absolute atomic E-state index is 0.751. The molecular weight excluding hydrogens is 354 g/mol. The lowest BCUT2D eigenvalue weighted by molar-refractivity contribution is 0.147. The third-order valence-electron chi connectivity index (χ3n) is 4.67. The minimum Gasteiger partial charge on any atom is -0.382 e. The van der Waals surface area contributed by atoms with E-state index in [-0.39, 0.29) is 0 Å². The van der Waals surface area contributed by atoms with E-state index in [2.05, 4.69) is 31.7 Å². The van der Waals surface area contributed by atoms with Crippen molar-refractivity contribution in [2.45, 2.75) is 13.3 Å². The molecule has 0 aliphatic heterocycles. The number of rotatable bonds is 8. The average Bonchev–Trinajstić information content (AvgIpc) is 3.31. The molecule has 8 nitrogen and oxygen atoms in total. The molecule has 0 atom stereocenters. The van der Waals surface area contributed by atoms with Crippen LogP contribution < -0.4 is 10.6 Å². The SMILES string of the molecule is CCOCCCNc1cccc(-c2cc3c(nc(NC)c4ncn(C)c43)[nH]2)n1. The van der Waals surface area contributed by atoms with Crippen LogP contribution in [0.5, 0.6) is 0 Å².